The van der Waals surface area contributed by atoms with E-state index in [0.717, 1.165) is 40.8 Å². The molecule has 2 heterocycles. The highest BCUT2D eigenvalue weighted by Crippen LogP contribution is 2.40. The zero-order chi connectivity index (χ0) is 20.7. The number of pyridine rings is 1. The Morgan fingerprint density at radius 1 is 1.31 bits per heavy atom. The summed E-state index contributed by atoms with van der Waals surface area (Å²) in [4.78, 5) is 20.4. The number of amides is 1. The van der Waals surface area contributed by atoms with E-state index in [1.54, 1.807) is 16.8 Å². The van der Waals surface area contributed by atoms with E-state index in [-0.39, 0.29) is 11.9 Å². The van der Waals surface area contributed by atoms with E-state index in [1.807, 2.05) is 50.9 Å². The summed E-state index contributed by atoms with van der Waals surface area (Å²) >= 11 is 0. The average molecular weight is 387 g/mol. The Labute approximate surface area is 170 Å². The molecule has 1 aliphatic rings. The lowest BCUT2D eigenvalue weighted by Gasteiger charge is -2.27. The molecule has 0 radical (unpaired) electrons. The predicted molar refractivity (Wildman–Crippen MR) is 111 cm³/mol. The van der Waals surface area contributed by atoms with Gasteiger partial charge >= 0.3 is 0 Å². The number of rotatable bonds is 5. The van der Waals surface area contributed by atoms with Crippen molar-refractivity contribution in [1.82, 2.24) is 19.7 Å². The Morgan fingerprint density at radius 2 is 2.00 bits per heavy atom. The van der Waals surface area contributed by atoms with Gasteiger partial charge in [0.2, 0.25) is 0 Å². The topological polar surface area (TPSA) is 74.8 Å². The van der Waals surface area contributed by atoms with Crippen molar-refractivity contribution >= 4 is 16.9 Å². The second kappa shape index (κ2) is 7.32. The van der Waals surface area contributed by atoms with E-state index in [2.05, 4.69) is 11.2 Å². The first-order chi connectivity index (χ1) is 13.9. The van der Waals surface area contributed by atoms with Crippen molar-refractivity contribution in [3.63, 3.8) is 0 Å². The van der Waals surface area contributed by atoms with Crippen LogP contribution in [0, 0.1) is 18.3 Å². The average Bonchev–Trinajstić information content (AvgIpc) is 3.52. The van der Waals surface area contributed by atoms with Crippen LogP contribution < -0.4 is 0 Å². The Morgan fingerprint density at radius 3 is 2.59 bits per heavy atom. The third-order valence-corrected chi connectivity index (χ3v) is 5.53. The van der Waals surface area contributed by atoms with Crippen LogP contribution in [0.3, 0.4) is 0 Å². The number of benzene rings is 1. The second-order valence-electron chi connectivity index (χ2n) is 8.11. The molecule has 1 saturated carbocycles. The summed E-state index contributed by atoms with van der Waals surface area (Å²) in [6.45, 7) is 6.47. The van der Waals surface area contributed by atoms with Crippen LogP contribution in [0.25, 0.3) is 11.0 Å². The molecule has 0 N–H and O–H groups in total. The molecule has 6 heteroatoms. The highest BCUT2D eigenvalue weighted by molar-refractivity contribution is 6.06. The van der Waals surface area contributed by atoms with Crippen LogP contribution in [-0.2, 0) is 13.6 Å². The molecule has 4 rings (SSSR count). The maximum Gasteiger partial charge on any atom is 0.255 e. The van der Waals surface area contributed by atoms with Gasteiger partial charge in [0.05, 0.1) is 28.3 Å². The van der Waals surface area contributed by atoms with Gasteiger partial charge in [0.15, 0.2) is 5.65 Å². The van der Waals surface area contributed by atoms with Crippen molar-refractivity contribution in [2.75, 3.05) is 0 Å². The SMILES string of the molecule is Cc1nn(C)c2nc(C3CC3)cc(C(=O)N(Cc3ccc(C#N)cc3)C(C)C)c12. The minimum absolute atomic E-state index is 0.00485. The molecule has 148 valence electrons. The third-order valence-electron chi connectivity index (χ3n) is 5.53. The maximum absolute atomic E-state index is 13.7. The lowest BCUT2D eigenvalue weighted by Crippen LogP contribution is -2.36. The molecule has 0 saturated heterocycles. The van der Waals surface area contributed by atoms with Crippen LogP contribution in [0.15, 0.2) is 30.3 Å². The Hall–Kier alpha value is -3.20. The summed E-state index contributed by atoms with van der Waals surface area (Å²) < 4.78 is 1.77. The summed E-state index contributed by atoms with van der Waals surface area (Å²) in [6.07, 6.45) is 2.25. The first-order valence-corrected chi connectivity index (χ1v) is 10.0. The molecule has 2 aromatic heterocycles. The molecule has 3 aromatic rings. The number of aromatic nitrogens is 3. The molecule has 1 fully saturated rings. The van der Waals surface area contributed by atoms with Crippen LogP contribution in [0.1, 0.15) is 65.5 Å². The van der Waals surface area contributed by atoms with Gasteiger partial charge in [0.1, 0.15) is 0 Å². The van der Waals surface area contributed by atoms with Crippen LogP contribution >= 0.6 is 0 Å². The van der Waals surface area contributed by atoms with Crippen LogP contribution in [-0.4, -0.2) is 31.6 Å². The largest absolute Gasteiger partial charge is 0.332 e. The minimum Gasteiger partial charge on any atom is -0.332 e. The second-order valence-corrected chi connectivity index (χ2v) is 8.11. The fourth-order valence-corrected chi connectivity index (χ4v) is 3.75. The van der Waals surface area contributed by atoms with E-state index in [1.165, 1.54) is 0 Å². The molecular formula is C23H25N5O. The normalized spacial score (nSPS) is 13.7. The predicted octanol–water partition coefficient (Wildman–Crippen LogP) is 4.08. The monoisotopic (exact) mass is 387 g/mol. The van der Waals surface area contributed by atoms with Gasteiger partial charge in [-0.2, -0.15) is 10.4 Å². The number of hydrogen-bond donors (Lipinski definition) is 0. The molecule has 1 aliphatic carbocycles. The Kier molecular flexibility index (Phi) is 4.83. The van der Waals surface area contributed by atoms with Gasteiger partial charge in [-0.25, -0.2) is 4.98 Å². The summed E-state index contributed by atoms with van der Waals surface area (Å²) in [5, 5.41) is 14.4. The molecular weight excluding hydrogens is 362 g/mol. The Balaban J connectivity index is 1.75. The van der Waals surface area contributed by atoms with Crippen molar-refractivity contribution in [3.05, 3.63) is 58.4 Å². The molecule has 0 unspecified atom stereocenters. The molecule has 1 amide bonds. The number of nitriles is 1. The van der Waals surface area contributed by atoms with E-state index in [4.69, 9.17) is 10.2 Å². The summed E-state index contributed by atoms with van der Waals surface area (Å²) in [5.74, 6) is 0.446. The van der Waals surface area contributed by atoms with Gasteiger partial charge in [0.25, 0.3) is 5.91 Å². The maximum atomic E-state index is 13.7. The van der Waals surface area contributed by atoms with Gasteiger partial charge in [-0.15, -0.1) is 0 Å². The number of aryl methyl sites for hydroxylation is 2. The van der Waals surface area contributed by atoms with Crippen LogP contribution in [0.5, 0.6) is 0 Å². The molecule has 0 spiro atoms. The first kappa shape index (κ1) is 19.1. The summed E-state index contributed by atoms with van der Waals surface area (Å²) in [7, 11) is 1.88. The number of carbonyl (C=O) groups is 1. The molecule has 0 bridgehead atoms. The summed E-state index contributed by atoms with van der Waals surface area (Å²) in [6, 6.07) is 11.5. The molecule has 6 nitrogen and oxygen atoms in total. The summed E-state index contributed by atoms with van der Waals surface area (Å²) in [5.41, 5.74) is 4.89. The lowest BCUT2D eigenvalue weighted by molar-refractivity contribution is 0.0692. The number of nitrogens with zero attached hydrogens (tertiary/aromatic N) is 5. The quantitative estimate of drug-likeness (QED) is 0.661. The van der Waals surface area contributed by atoms with Crippen LogP contribution in [0.4, 0.5) is 0 Å². The standard InChI is InChI=1S/C23H25N5O/c1-14(2)28(13-17-7-5-16(12-24)6-8-17)23(29)19-11-20(18-9-10-18)25-22-21(19)15(3)26-27(22)4/h5-8,11,14,18H,9-10,13H2,1-4H3. The van der Waals surface area contributed by atoms with Gasteiger partial charge < -0.3 is 4.90 Å². The van der Waals surface area contributed by atoms with Gasteiger partial charge in [0, 0.05) is 31.2 Å². The van der Waals surface area contributed by atoms with Crippen molar-refractivity contribution < 1.29 is 4.79 Å². The van der Waals surface area contributed by atoms with Gasteiger partial charge in [-0.1, -0.05) is 12.1 Å². The highest BCUT2D eigenvalue weighted by Gasteiger charge is 2.30. The zero-order valence-electron chi connectivity index (χ0n) is 17.3. The fourth-order valence-electron chi connectivity index (χ4n) is 3.75. The number of fused-ring (bicyclic) bond motifs is 1. The molecule has 0 atom stereocenters. The molecule has 1 aromatic carbocycles. The van der Waals surface area contributed by atoms with Crippen molar-refractivity contribution in [2.24, 2.45) is 7.05 Å². The third kappa shape index (κ3) is 3.61. The smallest absolute Gasteiger partial charge is 0.255 e. The number of hydrogen-bond acceptors (Lipinski definition) is 4. The van der Waals surface area contributed by atoms with Crippen molar-refractivity contribution in [3.8, 4) is 6.07 Å². The van der Waals surface area contributed by atoms with Crippen molar-refractivity contribution in [1.29, 1.82) is 5.26 Å². The molecule has 29 heavy (non-hydrogen) atoms. The van der Waals surface area contributed by atoms with E-state index >= 15 is 0 Å². The van der Waals surface area contributed by atoms with Crippen molar-refractivity contribution in [2.45, 2.75) is 52.1 Å². The van der Waals surface area contributed by atoms with Gasteiger partial charge in [-0.3, -0.25) is 9.48 Å². The van der Waals surface area contributed by atoms with Crippen LogP contribution in [0.2, 0.25) is 0 Å². The molecule has 0 aliphatic heterocycles. The minimum atomic E-state index is -0.00485. The fraction of sp³-hybridized carbons (Fsp3) is 0.391. The zero-order valence-corrected chi connectivity index (χ0v) is 17.3. The number of carbonyl (C=O) groups excluding carboxylic acids is 1. The van der Waals surface area contributed by atoms with E-state index in [9.17, 15) is 4.79 Å². The highest BCUT2D eigenvalue weighted by atomic mass is 16.2. The van der Waals surface area contributed by atoms with E-state index in [0.29, 0.717) is 23.6 Å². The van der Waals surface area contributed by atoms with Gasteiger partial charge in [-0.05, 0) is 57.4 Å². The van der Waals surface area contributed by atoms with E-state index < -0.39 is 0 Å². The first-order valence-electron chi connectivity index (χ1n) is 10.0. The lowest BCUT2D eigenvalue weighted by atomic mass is 10.0. The Bertz CT molecular complexity index is 1120.